The topological polar surface area (TPSA) is 61.5 Å². The molecule has 1 fully saturated rings. The molecule has 2 aliphatic rings. The van der Waals surface area contributed by atoms with Crippen LogP contribution >= 0.6 is 11.8 Å². The first-order valence-electron chi connectivity index (χ1n) is 7.79. The number of fused-ring (bicyclic) bond motifs is 2. The number of thioether (sulfide) groups is 1. The van der Waals surface area contributed by atoms with Crippen molar-refractivity contribution in [2.75, 3.05) is 7.11 Å². The molecular weight excluding hydrogens is 312 g/mol. The van der Waals surface area contributed by atoms with Crippen molar-refractivity contribution in [1.82, 2.24) is 14.9 Å². The average molecular weight is 330 g/mol. The Morgan fingerprint density at radius 2 is 2.17 bits per heavy atom. The number of rotatable bonds is 4. The molecule has 2 heterocycles. The molecule has 0 radical (unpaired) electrons. The van der Waals surface area contributed by atoms with E-state index in [1.165, 1.54) is 25.0 Å². The first-order chi connectivity index (χ1) is 11.3. The Balaban J connectivity index is 1.52. The first kappa shape index (κ1) is 14.6. The Morgan fingerprint density at radius 1 is 1.26 bits per heavy atom. The normalized spacial score (nSPS) is 19.5. The van der Waals surface area contributed by atoms with Gasteiger partial charge in [0.2, 0.25) is 5.16 Å². The maximum absolute atomic E-state index is 5.81. The van der Waals surface area contributed by atoms with Crippen molar-refractivity contribution >= 4 is 17.5 Å². The minimum atomic E-state index is 0.335. The van der Waals surface area contributed by atoms with Crippen LogP contribution in [0.4, 0.5) is 0 Å². The van der Waals surface area contributed by atoms with Crippen LogP contribution in [0.25, 0.3) is 0 Å². The number of benzene rings is 1. The lowest BCUT2D eigenvalue weighted by Crippen LogP contribution is -2.27. The van der Waals surface area contributed by atoms with Crippen molar-refractivity contribution in [3.8, 4) is 11.5 Å². The number of methoxy groups -OCH3 is 1. The van der Waals surface area contributed by atoms with Crippen molar-refractivity contribution in [2.24, 2.45) is 5.10 Å². The predicted molar refractivity (Wildman–Crippen MR) is 88.3 cm³/mol. The van der Waals surface area contributed by atoms with E-state index >= 15 is 0 Å². The van der Waals surface area contributed by atoms with E-state index in [0.717, 1.165) is 28.9 Å². The molecule has 2 aromatic rings. The molecule has 0 saturated heterocycles. The van der Waals surface area contributed by atoms with Gasteiger partial charge in [-0.25, -0.2) is 0 Å². The Kier molecular flexibility index (Phi) is 3.95. The van der Waals surface area contributed by atoms with Crippen LogP contribution in [-0.2, 0) is 6.61 Å². The molecule has 4 rings (SSSR count). The first-order valence-corrected chi connectivity index (χ1v) is 8.67. The second kappa shape index (κ2) is 6.23. The van der Waals surface area contributed by atoms with E-state index in [4.69, 9.17) is 14.6 Å². The molecule has 1 aliphatic carbocycles. The minimum Gasteiger partial charge on any atom is -0.497 e. The second-order valence-electron chi connectivity index (χ2n) is 5.62. The van der Waals surface area contributed by atoms with Gasteiger partial charge in [-0.15, -0.1) is 10.2 Å². The molecule has 1 aromatic carbocycles. The van der Waals surface area contributed by atoms with Gasteiger partial charge in [0.15, 0.2) is 5.82 Å². The van der Waals surface area contributed by atoms with Gasteiger partial charge in [-0.1, -0.05) is 24.2 Å². The van der Waals surface area contributed by atoms with Gasteiger partial charge in [0.1, 0.15) is 18.1 Å². The summed E-state index contributed by atoms with van der Waals surface area (Å²) < 4.78 is 12.9. The van der Waals surface area contributed by atoms with Crippen molar-refractivity contribution < 1.29 is 9.47 Å². The summed E-state index contributed by atoms with van der Waals surface area (Å²) in [4.78, 5) is 0. The van der Waals surface area contributed by atoms with Gasteiger partial charge in [-0.2, -0.15) is 9.78 Å². The molecule has 1 saturated carbocycles. The van der Waals surface area contributed by atoms with Gasteiger partial charge in [0, 0.05) is 6.07 Å². The standard InChI is InChI=1S/C16H18N4O2S/c1-21-11-5-4-6-12(9-11)22-10-15-17-18-16-20(15)19-13-7-2-3-8-14(13)23-16/h4-6,9,14H,2-3,7-8,10H2,1H3/t14-/m0/s1. The molecule has 0 spiro atoms. The number of hydrogen-bond donors (Lipinski definition) is 0. The van der Waals surface area contributed by atoms with E-state index in [1.807, 2.05) is 28.9 Å². The lowest BCUT2D eigenvalue weighted by Gasteiger charge is -2.26. The van der Waals surface area contributed by atoms with Gasteiger partial charge in [0.05, 0.1) is 18.1 Å². The van der Waals surface area contributed by atoms with E-state index in [1.54, 1.807) is 18.9 Å². The summed E-state index contributed by atoms with van der Waals surface area (Å²) >= 11 is 1.77. The van der Waals surface area contributed by atoms with Crippen LogP contribution in [0.5, 0.6) is 11.5 Å². The highest BCUT2D eigenvalue weighted by atomic mass is 32.2. The van der Waals surface area contributed by atoms with Crippen LogP contribution in [-0.4, -0.2) is 32.9 Å². The molecule has 6 nitrogen and oxygen atoms in total. The summed E-state index contributed by atoms with van der Waals surface area (Å²) in [5, 5.41) is 14.6. The molecule has 1 aliphatic heterocycles. The Hall–Kier alpha value is -2.02. The number of ether oxygens (including phenoxy) is 2. The zero-order chi connectivity index (χ0) is 15.6. The van der Waals surface area contributed by atoms with Crippen molar-refractivity contribution in [2.45, 2.75) is 42.7 Å². The highest BCUT2D eigenvalue weighted by molar-refractivity contribution is 8.00. The van der Waals surface area contributed by atoms with Gasteiger partial charge >= 0.3 is 0 Å². The van der Waals surface area contributed by atoms with E-state index in [9.17, 15) is 0 Å². The van der Waals surface area contributed by atoms with E-state index in [2.05, 4.69) is 10.2 Å². The maximum atomic E-state index is 5.81. The van der Waals surface area contributed by atoms with Crippen LogP contribution < -0.4 is 9.47 Å². The fourth-order valence-corrected chi connectivity index (χ4v) is 4.03. The summed E-state index contributed by atoms with van der Waals surface area (Å²) in [6, 6.07) is 7.53. The second-order valence-corrected chi connectivity index (χ2v) is 6.79. The van der Waals surface area contributed by atoms with Crippen LogP contribution in [0.3, 0.4) is 0 Å². The highest BCUT2D eigenvalue weighted by Gasteiger charge is 2.29. The fourth-order valence-electron chi connectivity index (χ4n) is 2.86. The van der Waals surface area contributed by atoms with Crippen LogP contribution in [0, 0.1) is 0 Å². The van der Waals surface area contributed by atoms with Gasteiger partial charge in [0.25, 0.3) is 0 Å². The largest absolute Gasteiger partial charge is 0.497 e. The maximum Gasteiger partial charge on any atom is 0.212 e. The van der Waals surface area contributed by atoms with Gasteiger partial charge in [-0.05, 0) is 31.4 Å². The molecule has 23 heavy (non-hydrogen) atoms. The van der Waals surface area contributed by atoms with E-state index < -0.39 is 0 Å². The Morgan fingerprint density at radius 3 is 3.09 bits per heavy atom. The van der Waals surface area contributed by atoms with Crippen molar-refractivity contribution in [3.63, 3.8) is 0 Å². The molecule has 0 N–H and O–H groups in total. The van der Waals surface area contributed by atoms with Crippen LogP contribution in [0.15, 0.2) is 34.5 Å². The fraction of sp³-hybridized carbons (Fsp3) is 0.438. The predicted octanol–water partition coefficient (Wildman–Crippen LogP) is 3.12. The zero-order valence-corrected chi connectivity index (χ0v) is 13.8. The lowest BCUT2D eigenvalue weighted by molar-refractivity contribution is 0.287. The van der Waals surface area contributed by atoms with Crippen LogP contribution in [0.1, 0.15) is 31.5 Å². The lowest BCUT2D eigenvalue weighted by atomic mass is 9.98. The third kappa shape index (κ3) is 2.93. The molecule has 0 bridgehead atoms. The molecule has 1 aromatic heterocycles. The molecule has 7 heteroatoms. The van der Waals surface area contributed by atoms with E-state index in [0.29, 0.717) is 11.9 Å². The third-order valence-electron chi connectivity index (χ3n) is 4.08. The summed E-state index contributed by atoms with van der Waals surface area (Å²) in [6.07, 6.45) is 4.76. The van der Waals surface area contributed by atoms with Crippen LogP contribution in [0.2, 0.25) is 0 Å². The third-order valence-corrected chi connectivity index (χ3v) is 5.34. The SMILES string of the molecule is COc1cccc(OCc2nnc3n2N=C2CCCC[C@@H]2S3)c1. The monoisotopic (exact) mass is 330 g/mol. The highest BCUT2D eigenvalue weighted by Crippen LogP contribution is 2.35. The number of aromatic nitrogens is 3. The van der Waals surface area contributed by atoms with Crippen molar-refractivity contribution in [1.29, 1.82) is 0 Å². The zero-order valence-electron chi connectivity index (χ0n) is 12.9. The molecular formula is C16H18N4O2S. The minimum absolute atomic E-state index is 0.335. The summed E-state index contributed by atoms with van der Waals surface area (Å²) in [5.74, 6) is 2.24. The molecule has 0 amide bonds. The Bertz CT molecular complexity index is 743. The molecule has 1 atom stereocenters. The van der Waals surface area contributed by atoms with Gasteiger partial charge in [-0.3, -0.25) is 0 Å². The molecule has 0 unspecified atom stereocenters. The Labute approximate surface area is 138 Å². The number of nitrogens with zero attached hydrogens (tertiary/aromatic N) is 4. The van der Waals surface area contributed by atoms with Gasteiger partial charge < -0.3 is 9.47 Å². The summed E-state index contributed by atoms with van der Waals surface area (Å²) in [7, 11) is 1.64. The summed E-state index contributed by atoms with van der Waals surface area (Å²) in [5.41, 5.74) is 1.26. The van der Waals surface area contributed by atoms with Crippen molar-refractivity contribution in [3.05, 3.63) is 30.1 Å². The average Bonchev–Trinajstić information content (AvgIpc) is 3.00. The smallest absolute Gasteiger partial charge is 0.212 e. The number of hydrogen-bond acceptors (Lipinski definition) is 6. The summed E-state index contributed by atoms with van der Waals surface area (Å²) in [6.45, 7) is 0.335. The quantitative estimate of drug-likeness (QED) is 0.862. The van der Waals surface area contributed by atoms with E-state index in [-0.39, 0.29) is 0 Å². The molecule has 120 valence electrons.